The van der Waals surface area contributed by atoms with Gasteiger partial charge in [0.1, 0.15) is 11.5 Å². The number of nitrogens with one attached hydrogen (secondary N) is 1. The van der Waals surface area contributed by atoms with Crippen LogP contribution in [0, 0.1) is 23.0 Å². The molecule has 3 N–H and O–H groups in total. The third kappa shape index (κ3) is 3.70. The first-order valence-corrected chi connectivity index (χ1v) is 7.37. The predicted octanol–water partition coefficient (Wildman–Crippen LogP) is 0.590. The van der Waals surface area contributed by atoms with Crippen molar-refractivity contribution in [3.63, 3.8) is 0 Å². The molecule has 0 aromatic carbocycles. The predicted molar refractivity (Wildman–Crippen MR) is 82.6 cm³/mol. The summed E-state index contributed by atoms with van der Waals surface area (Å²) < 4.78 is 0. The highest BCUT2D eigenvalue weighted by Crippen LogP contribution is 2.25. The van der Waals surface area contributed by atoms with E-state index < -0.39 is 4.92 Å². The molecule has 0 saturated carbocycles. The molecule has 1 aliphatic heterocycles. The van der Waals surface area contributed by atoms with E-state index in [2.05, 4.69) is 10.3 Å². The van der Waals surface area contributed by atoms with Gasteiger partial charge in [-0.1, -0.05) is 0 Å². The van der Waals surface area contributed by atoms with Crippen LogP contribution in [0.3, 0.4) is 0 Å². The molecule has 1 aliphatic rings. The molecule has 1 fully saturated rings. The van der Waals surface area contributed by atoms with Gasteiger partial charge >= 0.3 is 0 Å². The third-order valence-electron chi connectivity index (χ3n) is 3.80. The van der Waals surface area contributed by atoms with Gasteiger partial charge in [0.2, 0.25) is 5.91 Å². The van der Waals surface area contributed by atoms with Gasteiger partial charge in [0.15, 0.2) is 0 Å². The quantitative estimate of drug-likeness (QED) is 0.608. The van der Waals surface area contributed by atoms with Gasteiger partial charge in [-0.25, -0.2) is 4.98 Å². The van der Waals surface area contributed by atoms with Gasteiger partial charge in [-0.15, -0.1) is 0 Å². The van der Waals surface area contributed by atoms with Crippen molar-refractivity contribution in [2.75, 3.05) is 31.1 Å². The van der Waals surface area contributed by atoms with Crippen LogP contribution in [0.15, 0.2) is 12.1 Å². The Morgan fingerprint density at radius 3 is 3.00 bits per heavy atom. The van der Waals surface area contributed by atoms with Crippen LogP contribution in [-0.4, -0.2) is 42.0 Å². The average molecular weight is 307 g/mol. The lowest BCUT2D eigenvalue weighted by Gasteiger charge is -2.33. The number of aromatic nitrogens is 1. The van der Waals surface area contributed by atoms with Gasteiger partial charge < -0.3 is 16.0 Å². The smallest absolute Gasteiger partial charge is 0.290 e. The number of anilines is 1. The highest BCUT2D eigenvalue weighted by molar-refractivity contribution is 5.79. The van der Waals surface area contributed by atoms with Gasteiger partial charge in [-0.2, -0.15) is 0 Å². The molecule has 2 heterocycles. The molecule has 8 nitrogen and oxygen atoms in total. The fourth-order valence-electron chi connectivity index (χ4n) is 2.65. The Bertz CT molecular complexity index is 563. The van der Waals surface area contributed by atoms with Crippen LogP contribution in [0.1, 0.15) is 18.5 Å². The number of amides is 1. The minimum Gasteiger partial charge on any atom is -0.356 e. The van der Waals surface area contributed by atoms with Crippen molar-refractivity contribution in [2.24, 2.45) is 11.7 Å². The maximum atomic E-state index is 12.0. The number of piperidine rings is 1. The number of nitro groups is 1. The monoisotopic (exact) mass is 307 g/mol. The van der Waals surface area contributed by atoms with Crippen LogP contribution in [0.4, 0.5) is 11.5 Å². The molecular formula is C14H21N5O3. The highest BCUT2D eigenvalue weighted by atomic mass is 16.6. The molecule has 1 atom stereocenters. The largest absolute Gasteiger partial charge is 0.356 e. The molecule has 120 valence electrons. The summed E-state index contributed by atoms with van der Waals surface area (Å²) >= 11 is 0. The van der Waals surface area contributed by atoms with E-state index in [4.69, 9.17) is 5.73 Å². The molecule has 22 heavy (non-hydrogen) atoms. The van der Waals surface area contributed by atoms with Gasteiger partial charge in [0, 0.05) is 32.2 Å². The summed E-state index contributed by atoms with van der Waals surface area (Å²) in [5.41, 5.74) is 5.79. The maximum Gasteiger partial charge on any atom is 0.290 e. The Kier molecular flexibility index (Phi) is 5.26. The van der Waals surface area contributed by atoms with E-state index in [-0.39, 0.29) is 17.5 Å². The number of nitrogens with two attached hydrogens (primary N) is 1. The van der Waals surface area contributed by atoms with Gasteiger partial charge in [-0.05, 0) is 25.8 Å². The van der Waals surface area contributed by atoms with E-state index in [1.54, 1.807) is 13.0 Å². The molecule has 1 saturated heterocycles. The lowest BCUT2D eigenvalue weighted by atomic mass is 9.97. The first kappa shape index (κ1) is 16.2. The molecule has 1 aromatic heterocycles. The number of carbonyl (C=O) groups is 1. The maximum absolute atomic E-state index is 12.0. The number of hydrogen-bond acceptors (Lipinski definition) is 6. The summed E-state index contributed by atoms with van der Waals surface area (Å²) in [5, 5.41) is 13.6. The SMILES string of the molecule is Cc1nc(N2CCCC(C(=O)NCCN)C2)ccc1[N+](=O)[O-]. The molecule has 0 spiro atoms. The number of rotatable bonds is 5. The molecule has 0 radical (unpaired) electrons. The number of aryl methyl sites for hydroxylation is 1. The first-order chi connectivity index (χ1) is 10.5. The Morgan fingerprint density at radius 2 is 2.36 bits per heavy atom. The van der Waals surface area contributed by atoms with Crippen molar-refractivity contribution in [2.45, 2.75) is 19.8 Å². The number of pyridine rings is 1. The van der Waals surface area contributed by atoms with Crippen LogP contribution in [0.5, 0.6) is 0 Å². The topological polar surface area (TPSA) is 114 Å². The fourth-order valence-corrected chi connectivity index (χ4v) is 2.65. The summed E-state index contributed by atoms with van der Waals surface area (Å²) in [6.07, 6.45) is 1.72. The molecule has 0 aliphatic carbocycles. The van der Waals surface area contributed by atoms with E-state index in [0.29, 0.717) is 31.1 Å². The third-order valence-corrected chi connectivity index (χ3v) is 3.80. The molecule has 8 heteroatoms. The van der Waals surface area contributed by atoms with Gasteiger partial charge in [0.05, 0.1) is 10.8 Å². The van der Waals surface area contributed by atoms with Gasteiger partial charge in [0.25, 0.3) is 5.69 Å². The highest BCUT2D eigenvalue weighted by Gasteiger charge is 2.27. The molecule has 1 amide bonds. The summed E-state index contributed by atoms with van der Waals surface area (Å²) in [4.78, 5) is 28.8. The first-order valence-electron chi connectivity index (χ1n) is 7.37. The zero-order valence-corrected chi connectivity index (χ0v) is 12.6. The number of carbonyl (C=O) groups excluding carboxylic acids is 1. The molecule has 1 aromatic rings. The number of hydrogen-bond donors (Lipinski definition) is 2. The van der Waals surface area contributed by atoms with Crippen LogP contribution in [0.25, 0.3) is 0 Å². The van der Waals surface area contributed by atoms with E-state index in [9.17, 15) is 14.9 Å². The summed E-state index contributed by atoms with van der Waals surface area (Å²) in [6, 6.07) is 3.11. The van der Waals surface area contributed by atoms with Crippen LogP contribution in [-0.2, 0) is 4.79 Å². The summed E-state index contributed by atoms with van der Waals surface area (Å²) in [6.45, 7) is 3.89. The molecular weight excluding hydrogens is 286 g/mol. The average Bonchev–Trinajstić information content (AvgIpc) is 2.52. The van der Waals surface area contributed by atoms with Crippen molar-refractivity contribution >= 4 is 17.4 Å². The second-order valence-electron chi connectivity index (χ2n) is 5.40. The Balaban J connectivity index is 2.07. The normalized spacial score (nSPS) is 18.1. The number of nitrogens with zero attached hydrogens (tertiary/aromatic N) is 3. The van der Waals surface area contributed by atoms with Crippen LogP contribution >= 0.6 is 0 Å². The fraction of sp³-hybridized carbons (Fsp3) is 0.571. The molecule has 1 unspecified atom stereocenters. The lowest BCUT2D eigenvalue weighted by molar-refractivity contribution is -0.385. The summed E-state index contributed by atoms with van der Waals surface area (Å²) in [5.74, 6) is 0.589. The van der Waals surface area contributed by atoms with E-state index in [1.165, 1.54) is 6.07 Å². The zero-order valence-electron chi connectivity index (χ0n) is 12.6. The van der Waals surface area contributed by atoms with E-state index >= 15 is 0 Å². The lowest BCUT2D eigenvalue weighted by Crippen LogP contribution is -2.44. The molecule has 2 rings (SSSR count). The second-order valence-corrected chi connectivity index (χ2v) is 5.40. The Morgan fingerprint density at radius 1 is 1.59 bits per heavy atom. The van der Waals surface area contributed by atoms with Crippen molar-refractivity contribution in [3.05, 3.63) is 27.9 Å². The van der Waals surface area contributed by atoms with Gasteiger partial charge in [-0.3, -0.25) is 14.9 Å². The van der Waals surface area contributed by atoms with Crippen molar-refractivity contribution < 1.29 is 9.72 Å². The minimum atomic E-state index is -0.439. The Hall–Kier alpha value is -2.22. The minimum absolute atomic E-state index is 0.00813. The van der Waals surface area contributed by atoms with Crippen LogP contribution < -0.4 is 16.0 Å². The van der Waals surface area contributed by atoms with Crippen molar-refractivity contribution in [1.29, 1.82) is 0 Å². The Labute approximate surface area is 128 Å². The van der Waals surface area contributed by atoms with Crippen molar-refractivity contribution in [1.82, 2.24) is 10.3 Å². The standard InChI is InChI=1S/C14H21N5O3/c1-10-12(19(21)22)4-5-13(17-10)18-8-2-3-11(9-18)14(20)16-7-6-15/h4-5,11H,2-3,6-9,15H2,1H3,(H,16,20). The summed E-state index contributed by atoms with van der Waals surface area (Å²) in [7, 11) is 0. The molecule has 0 bridgehead atoms. The van der Waals surface area contributed by atoms with E-state index in [0.717, 1.165) is 19.4 Å². The zero-order chi connectivity index (χ0) is 16.1. The van der Waals surface area contributed by atoms with E-state index in [1.807, 2.05) is 4.90 Å². The van der Waals surface area contributed by atoms with Crippen molar-refractivity contribution in [3.8, 4) is 0 Å². The second kappa shape index (κ2) is 7.17. The van der Waals surface area contributed by atoms with Crippen LogP contribution in [0.2, 0.25) is 0 Å².